The Morgan fingerprint density at radius 1 is 1.14 bits per heavy atom. The Balaban J connectivity index is 1.90. The number of thiazole rings is 1. The van der Waals surface area contributed by atoms with Crippen molar-refractivity contribution in [2.24, 2.45) is 11.8 Å². The van der Waals surface area contributed by atoms with E-state index in [0.717, 1.165) is 17.0 Å². The molecule has 0 bridgehead atoms. The van der Waals surface area contributed by atoms with Crippen molar-refractivity contribution in [1.82, 2.24) is 4.98 Å². The third kappa shape index (κ3) is 1.34. The Labute approximate surface area is 88.5 Å². The van der Waals surface area contributed by atoms with E-state index in [9.17, 15) is 0 Å². The van der Waals surface area contributed by atoms with Crippen molar-refractivity contribution in [3.63, 3.8) is 0 Å². The Kier molecular flexibility index (Phi) is 2.01. The van der Waals surface area contributed by atoms with E-state index >= 15 is 0 Å². The van der Waals surface area contributed by atoms with E-state index in [1.54, 1.807) is 11.3 Å². The van der Waals surface area contributed by atoms with E-state index in [1.807, 2.05) is 0 Å². The highest BCUT2D eigenvalue weighted by molar-refractivity contribution is 7.15. The number of nitrogens with zero attached hydrogens (tertiary/aromatic N) is 1. The van der Waals surface area contributed by atoms with Gasteiger partial charge in [-0.2, -0.15) is 0 Å². The van der Waals surface area contributed by atoms with Crippen molar-refractivity contribution in [1.29, 1.82) is 0 Å². The molecule has 0 radical (unpaired) electrons. The second kappa shape index (κ2) is 3.23. The first-order chi connectivity index (χ1) is 6.83. The van der Waals surface area contributed by atoms with Crippen LogP contribution in [-0.2, 0) is 12.8 Å². The van der Waals surface area contributed by atoms with Crippen molar-refractivity contribution in [2.75, 3.05) is 5.73 Å². The lowest BCUT2D eigenvalue weighted by Gasteiger charge is -2.34. The smallest absolute Gasteiger partial charge is 0.180 e. The quantitative estimate of drug-likeness (QED) is 0.712. The van der Waals surface area contributed by atoms with Gasteiger partial charge in [0, 0.05) is 4.88 Å². The fourth-order valence-electron chi connectivity index (χ4n) is 3.03. The summed E-state index contributed by atoms with van der Waals surface area (Å²) >= 11 is 1.71. The van der Waals surface area contributed by atoms with Gasteiger partial charge in [-0.15, -0.1) is 11.3 Å². The molecule has 1 aromatic rings. The van der Waals surface area contributed by atoms with Crippen molar-refractivity contribution < 1.29 is 0 Å². The molecule has 3 heteroatoms. The molecule has 14 heavy (non-hydrogen) atoms. The molecule has 1 saturated carbocycles. The van der Waals surface area contributed by atoms with Crippen LogP contribution in [0.4, 0.5) is 5.13 Å². The van der Waals surface area contributed by atoms with Gasteiger partial charge in [0.15, 0.2) is 5.13 Å². The Bertz CT molecular complexity index is 314. The summed E-state index contributed by atoms with van der Waals surface area (Å²) in [5, 5.41) is 0.772. The summed E-state index contributed by atoms with van der Waals surface area (Å²) in [4.78, 5) is 5.92. The zero-order valence-corrected chi connectivity index (χ0v) is 9.15. The summed E-state index contributed by atoms with van der Waals surface area (Å²) < 4.78 is 0. The molecule has 2 N–H and O–H groups in total. The lowest BCUT2D eigenvalue weighted by Crippen LogP contribution is -2.27. The summed E-state index contributed by atoms with van der Waals surface area (Å²) in [7, 11) is 0. The molecule has 0 saturated heterocycles. The van der Waals surface area contributed by atoms with E-state index in [-0.39, 0.29) is 0 Å². The zero-order valence-electron chi connectivity index (χ0n) is 8.33. The van der Waals surface area contributed by atoms with E-state index < -0.39 is 0 Å². The van der Waals surface area contributed by atoms with Gasteiger partial charge in [0.2, 0.25) is 0 Å². The maximum absolute atomic E-state index is 5.76. The Morgan fingerprint density at radius 2 is 1.86 bits per heavy atom. The summed E-state index contributed by atoms with van der Waals surface area (Å²) in [5.74, 6) is 1.86. The van der Waals surface area contributed by atoms with Gasteiger partial charge in [-0.25, -0.2) is 4.98 Å². The fraction of sp³-hybridized carbons (Fsp3) is 0.727. The van der Waals surface area contributed by atoms with Gasteiger partial charge in [-0.1, -0.05) is 12.8 Å². The number of anilines is 1. The van der Waals surface area contributed by atoms with Gasteiger partial charge in [0.05, 0.1) is 5.69 Å². The Morgan fingerprint density at radius 3 is 2.64 bits per heavy atom. The third-order valence-corrected chi connectivity index (χ3v) is 4.71. The number of nitrogens with two attached hydrogens (primary N) is 1. The van der Waals surface area contributed by atoms with Crippen LogP contribution in [0.25, 0.3) is 0 Å². The van der Waals surface area contributed by atoms with E-state index in [2.05, 4.69) is 4.98 Å². The molecule has 0 amide bonds. The molecule has 76 valence electrons. The monoisotopic (exact) mass is 208 g/mol. The van der Waals surface area contributed by atoms with Crippen LogP contribution in [0.2, 0.25) is 0 Å². The first-order valence-electron chi connectivity index (χ1n) is 5.57. The maximum Gasteiger partial charge on any atom is 0.180 e. The number of aromatic nitrogens is 1. The molecule has 3 rings (SSSR count). The molecule has 0 aliphatic heterocycles. The van der Waals surface area contributed by atoms with Gasteiger partial charge in [0.1, 0.15) is 0 Å². The first-order valence-corrected chi connectivity index (χ1v) is 6.38. The molecule has 0 spiro atoms. The van der Waals surface area contributed by atoms with E-state index in [1.165, 1.54) is 49.1 Å². The topological polar surface area (TPSA) is 38.9 Å². The van der Waals surface area contributed by atoms with Gasteiger partial charge < -0.3 is 5.73 Å². The number of rotatable bonds is 0. The minimum Gasteiger partial charge on any atom is -0.375 e. The highest BCUT2D eigenvalue weighted by atomic mass is 32.1. The summed E-state index contributed by atoms with van der Waals surface area (Å²) in [6.45, 7) is 0. The van der Waals surface area contributed by atoms with Crippen LogP contribution < -0.4 is 5.73 Å². The van der Waals surface area contributed by atoms with Gasteiger partial charge in [-0.05, 0) is 37.5 Å². The second-order valence-electron chi connectivity index (χ2n) is 4.63. The van der Waals surface area contributed by atoms with Crippen LogP contribution >= 0.6 is 11.3 Å². The van der Waals surface area contributed by atoms with Crippen LogP contribution in [0.3, 0.4) is 0 Å². The predicted octanol–water partition coefficient (Wildman–Crippen LogP) is 2.63. The van der Waals surface area contributed by atoms with Crippen LogP contribution in [0, 0.1) is 11.8 Å². The fourth-order valence-corrected chi connectivity index (χ4v) is 3.98. The molecule has 1 fully saturated rings. The number of hydrogen-bond donors (Lipinski definition) is 1. The number of fused-ring (bicyclic) bond motifs is 2. The molecule has 2 nitrogen and oxygen atoms in total. The summed E-state index contributed by atoms with van der Waals surface area (Å²) in [6, 6.07) is 0. The average molecular weight is 208 g/mol. The molecule has 2 atom stereocenters. The van der Waals surface area contributed by atoms with Crippen molar-refractivity contribution >= 4 is 16.5 Å². The molecule has 1 aromatic heterocycles. The lowest BCUT2D eigenvalue weighted by atomic mass is 9.72. The van der Waals surface area contributed by atoms with E-state index in [4.69, 9.17) is 5.73 Å². The van der Waals surface area contributed by atoms with Crippen LogP contribution in [0.15, 0.2) is 0 Å². The normalized spacial score (nSPS) is 30.9. The minimum atomic E-state index is 0.772. The first kappa shape index (κ1) is 8.72. The molecular formula is C11H16N2S. The van der Waals surface area contributed by atoms with Crippen LogP contribution in [0.5, 0.6) is 0 Å². The van der Waals surface area contributed by atoms with Crippen LogP contribution in [0.1, 0.15) is 36.3 Å². The number of hydrogen-bond acceptors (Lipinski definition) is 3. The maximum atomic E-state index is 5.76. The predicted molar refractivity (Wildman–Crippen MR) is 59.4 cm³/mol. The molecular weight excluding hydrogens is 192 g/mol. The third-order valence-electron chi connectivity index (χ3n) is 3.76. The van der Waals surface area contributed by atoms with Crippen LogP contribution in [-0.4, -0.2) is 4.98 Å². The van der Waals surface area contributed by atoms with E-state index in [0.29, 0.717) is 0 Å². The lowest BCUT2D eigenvalue weighted by molar-refractivity contribution is 0.221. The summed E-state index contributed by atoms with van der Waals surface area (Å²) in [5.41, 5.74) is 7.07. The molecule has 0 aromatic carbocycles. The molecule has 2 aliphatic rings. The highest BCUT2D eigenvalue weighted by Crippen LogP contribution is 2.41. The summed E-state index contributed by atoms with van der Waals surface area (Å²) in [6.07, 6.45) is 8.17. The second-order valence-corrected chi connectivity index (χ2v) is 5.75. The molecule has 2 aliphatic carbocycles. The minimum absolute atomic E-state index is 0.772. The van der Waals surface area contributed by atoms with Gasteiger partial charge >= 0.3 is 0 Å². The standard InChI is InChI=1S/C11H16N2S/c12-11-13-9-5-7-3-1-2-4-8(7)6-10(9)14-11/h7-8H,1-6H2,(H2,12,13). The Hall–Kier alpha value is -0.570. The zero-order chi connectivity index (χ0) is 9.54. The largest absolute Gasteiger partial charge is 0.375 e. The SMILES string of the molecule is Nc1nc2c(s1)CC1CCCCC1C2. The van der Waals surface area contributed by atoms with Gasteiger partial charge in [0.25, 0.3) is 0 Å². The molecule has 2 unspecified atom stereocenters. The van der Waals surface area contributed by atoms with Crippen molar-refractivity contribution in [3.8, 4) is 0 Å². The average Bonchev–Trinajstić information content (AvgIpc) is 2.53. The van der Waals surface area contributed by atoms with Gasteiger partial charge in [-0.3, -0.25) is 0 Å². The number of nitrogen functional groups attached to an aromatic ring is 1. The van der Waals surface area contributed by atoms with Crippen molar-refractivity contribution in [2.45, 2.75) is 38.5 Å². The van der Waals surface area contributed by atoms with Crippen molar-refractivity contribution in [3.05, 3.63) is 10.6 Å². The highest BCUT2D eigenvalue weighted by Gasteiger charge is 2.32. The molecule has 1 heterocycles.